The van der Waals surface area contributed by atoms with Crippen LogP contribution in [0.25, 0.3) is 0 Å². The Hall–Kier alpha value is -2.00. The number of rotatable bonds is 12. The van der Waals surface area contributed by atoms with Crippen molar-refractivity contribution in [1.82, 2.24) is 0 Å². The fraction of sp³-hybridized carbons (Fsp3) is 0.480. The summed E-state index contributed by atoms with van der Waals surface area (Å²) < 4.78 is 5.84. The molecule has 0 aliphatic carbocycles. The van der Waals surface area contributed by atoms with Gasteiger partial charge in [0, 0.05) is 10.4 Å². The summed E-state index contributed by atoms with van der Waals surface area (Å²) in [6.45, 7) is 5.97. The van der Waals surface area contributed by atoms with E-state index >= 15 is 0 Å². The van der Waals surface area contributed by atoms with E-state index in [1.54, 1.807) is 0 Å². The molecule has 0 saturated heterocycles. The first-order valence-electron chi connectivity index (χ1n) is 10.5. The van der Waals surface area contributed by atoms with Crippen LogP contribution in [0, 0.1) is 12.3 Å². The largest absolute Gasteiger partial charge is 0.478 e. The minimum atomic E-state index is -0.904. The molecule has 0 saturated carbocycles. The first-order valence-corrected chi connectivity index (χ1v) is 10.9. The van der Waals surface area contributed by atoms with Crippen molar-refractivity contribution in [1.29, 1.82) is 0 Å². The van der Waals surface area contributed by atoms with Crippen molar-refractivity contribution in [2.75, 3.05) is 0 Å². The van der Waals surface area contributed by atoms with E-state index < -0.39 is 17.5 Å². The Labute approximate surface area is 180 Å². The average Bonchev–Trinajstić information content (AvgIpc) is 2.67. The summed E-state index contributed by atoms with van der Waals surface area (Å²) >= 11 is 5.91. The van der Waals surface area contributed by atoms with Crippen LogP contribution >= 0.6 is 11.6 Å². The lowest BCUT2D eigenvalue weighted by molar-refractivity contribution is -0.151. The Bertz CT molecular complexity index is 751. The topological polar surface area (TPSA) is 46.5 Å². The zero-order valence-electron chi connectivity index (χ0n) is 17.8. The lowest BCUT2D eigenvalue weighted by Crippen LogP contribution is -2.41. The number of carboxylic acids is 1. The molecule has 2 aromatic rings. The molecule has 29 heavy (non-hydrogen) atoms. The number of hydrogen-bond donors (Lipinski definition) is 1. The van der Waals surface area contributed by atoms with Gasteiger partial charge in [0.1, 0.15) is 5.75 Å². The van der Waals surface area contributed by atoms with E-state index in [9.17, 15) is 9.90 Å². The van der Waals surface area contributed by atoms with Crippen LogP contribution in [0.4, 0.5) is 0 Å². The minimum Gasteiger partial charge on any atom is -0.478 e. The molecule has 0 radical (unpaired) electrons. The van der Waals surface area contributed by atoms with Crippen LogP contribution in [0.5, 0.6) is 5.75 Å². The quantitative estimate of drug-likeness (QED) is 0.375. The molecule has 0 heterocycles. The van der Waals surface area contributed by atoms with Crippen molar-refractivity contribution in [2.45, 2.75) is 71.8 Å². The normalized spacial score (nSPS) is 12.6. The van der Waals surface area contributed by atoms with E-state index in [1.165, 1.54) is 24.8 Å². The number of carbonyl (C=O) groups is 1. The second-order valence-electron chi connectivity index (χ2n) is 8.53. The predicted molar refractivity (Wildman–Crippen MR) is 120 cm³/mol. The van der Waals surface area contributed by atoms with Gasteiger partial charge >= 0.3 is 5.97 Å². The molecule has 4 heteroatoms. The maximum Gasteiger partial charge on any atom is 0.345 e. The number of carboxylic acid groups (broad SMARTS) is 1. The third kappa shape index (κ3) is 8.10. The first-order chi connectivity index (χ1) is 13.8. The summed E-state index contributed by atoms with van der Waals surface area (Å²) in [5, 5.41) is 10.5. The molecular weight excluding hydrogens is 384 g/mol. The van der Waals surface area contributed by atoms with E-state index in [4.69, 9.17) is 16.3 Å². The summed E-state index contributed by atoms with van der Waals surface area (Å²) in [7, 11) is 0. The van der Waals surface area contributed by atoms with Crippen molar-refractivity contribution < 1.29 is 14.6 Å². The molecule has 3 nitrogen and oxygen atoms in total. The number of unbranched alkanes of at least 4 members (excludes halogenated alkanes) is 4. The van der Waals surface area contributed by atoms with Crippen molar-refractivity contribution in [3.63, 3.8) is 0 Å². The van der Waals surface area contributed by atoms with Crippen molar-refractivity contribution in [2.24, 2.45) is 5.41 Å². The lowest BCUT2D eigenvalue weighted by atomic mass is 9.81. The molecule has 2 rings (SSSR count). The van der Waals surface area contributed by atoms with E-state index in [0.717, 1.165) is 36.3 Å². The molecule has 0 aromatic heterocycles. The van der Waals surface area contributed by atoms with Gasteiger partial charge in [0.15, 0.2) is 0 Å². The number of aryl methyl sites for hydroxylation is 2. The van der Waals surface area contributed by atoms with Gasteiger partial charge in [-0.3, -0.25) is 0 Å². The molecule has 0 amide bonds. The highest BCUT2D eigenvalue weighted by Crippen LogP contribution is 2.32. The molecular formula is C25H33ClO3. The smallest absolute Gasteiger partial charge is 0.345 e. The predicted octanol–water partition coefficient (Wildman–Crippen LogP) is 7.09. The van der Waals surface area contributed by atoms with Gasteiger partial charge in [0.2, 0.25) is 6.10 Å². The van der Waals surface area contributed by atoms with Crippen molar-refractivity contribution in [3.8, 4) is 5.75 Å². The van der Waals surface area contributed by atoms with Gasteiger partial charge in [-0.2, -0.15) is 0 Å². The van der Waals surface area contributed by atoms with Crippen LogP contribution in [0.15, 0.2) is 48.5 Å². The molecule has 0 aliphatic heterocycles. The third-order valence-corrected chi connectivity index (χ3v) is 5.66. The number of aliphatic carboxylic acids is 1. The Balaban J connectivity index is 1.71. The van der Waals surface area contributed by atoms with Crippen molar-refractivity contribution >= 4 is 17.6 Å². The maximum atomic E-state index is 11.8. The van der Waals surface area contributed by atoms with Crippen LogP contribution < -0.4 is 4.74 Å². The average molecular weight is 417 g/mol. The lowest BCUT2D eigenvalue weighted by Gasteiger charge is -2.31. The molecule has 158 valence electrons. The van der Waals surface area contributed by atoms with Gasteiger partial charge in [-0.25, -0.2) is 4.79 Å². The van der Waals surface area contributed by atoms with Crippen LogP contribution in [0.2, 0.25) is 5.02 Å². The zero-order valence-corrected chi connectivity index (χ0v) is 18.5. The molecule has 1 atom stereocenters. The first kappa shape index (κ1) is 23.3. The standard InChI is InChI=1S/C25H33ClO3/c1-19-10-16-22(17-11-19)29-23(24(27)28)25(2,3)18-8-6-4-5-7-9-20-12-14-21(26)15-13-20/h10-17,23H,4-9,18H2,1-3H3,(H,27,28). The molecule has 0 bridgehead atoms. The molecule has 1 N–H and O–H groups in total. The second kappa shape index (κ2) is 11.3. The highest BCUT2D eigenvalue weighted by molar-refractivity contribution is 6.30. The van der Waals surface area contributed by atoms with E-state index in [1.807, 2.05) is 57.2 Å². The summed E-state index contributed by atoms with van der Waals surface area (Å²) in [5.41, 5.74) is 2.02. The summed E-state index contributed by atoms with van der Waals surface area (Å²) in [6.07, 6.45) is 6.69. The SMILES string of the molecule is Cc1ccc(OC(C(=O)O)C(C)(C)CCCCCCCc2ccc(Cl)cc2)cc1. The summed E-state index contributed by atoms with van der Waals surface area (Å²) in [4.78, 5) is 11.8. The minimum absolute atomic E-state index is 0.431. The number of benzene rings is 2. The fourth-order valence-electron chi connectivity index (χ4n) is 3.52. The van der Waals surface area contributed by atoms with Gasteiger partial charge in [0.05, 0.1) is 0 Å². The highest BCUT2D eigenvalue weighted by atomic mass is 35.5. The van der Waals surface area contributed by atoms with Gasteiger partial charge < -0.3 is 9.84 Å². The molecule has 0 fully saturated rings. The monoisotopic (exact) mass is 416 g/mol. The van der Waals surface area contributed by atoms with Crippen molar-refractivity contribution in [3.05, 3.63) is 64.7 Å². The molecule has 2 aromatic carbocycles. The maximum absolute atomic E-state index is 11.8. The summed E-state index contributed by atoms with van der Waals surface area (Å²) in [5.74, 6) is -0.295. The molecule has 0 aliphatic rings. The second-order valence-corrected chi connectivity index (χ2v) is 8.97. The Kier molecular flexibility index (Phi) is 9.03. The summed E-state index contributed by atoms with van der Waals surface area (Å²) in [6, 6.07) is 15.6. The Morgan fingerprint density at radius 2 is 1.55 bits per heavy atom. The molecule has 0 spiro atoms. The van der Waals surface area contributed by atoms with Crippen LogP contribution in [-0.2, 0) is 11.2 Å². The Morgan fingerprint density at radius 1 is 0.966 bits per heavy atom. The van der Waals surface area contributed by atoms with Gasteiger partial charge in [-0.15, -0.1) is 0 Å². The van der Waals surface area contributed by atoms with Crippen LogP contribution in [-0.4, -0.2) is 17.2 Å². The van der Waals surface area contributed by atoms with E-state index in [0.29, 0.717) is 5.75 Å². The highest BCUT2D eigenvalue weighted by Gasteiger charge is 2.36. The van der Waals surface area contributed by atoms with E-state index in [2.05, 4.69) is 12.1 Å². The van der Waals surface area contributed by atoms with Gasteiger partial charge in [0.25, 0.3) is 0 Å². The van der Waals surface area contributed by atoms with E-state index in [-0.39, 0.29) is 0 Å². The van der Waals surface area contributed by atoms with Gasteiger partial charge in [-0.05, 0) is 56.0 Å². The third-order valence-electron chi connectivity index (χ3n) is 5.41. The number of halogens is 1. The van der Waals surface area contributed by atoms with Crippen LogP contribution in [0.1, 0.15) is 63.5 Å². The number of ether oxygens (including phenoxy) is 1. The number of hydrogen-bond acceptors (Lipinski definition) is 2. The van der Waals surface area contributed by atoms with Gasteiger partial charge in [-0.1, -0.05) is 81.0 Å². The fourth-order valence-corrected chi connectivity index (χ4v) is 3.65. The molecule has 1 unspecified atom stereocenters. The zero-order chi connectivity index (χ0) is 21.3. The Morgan fingerprint density at radius 3 is 2.17 bits per heavy atom. The van der Waals surface area contributed by atoms with Crippen LogP contribution in [0.3, 0.4) is 0 Å².